The van der Waals surface area contributed by atoms with E-state index in [2.05, 4.69) is 20.6 Å². The molecule has 0 radical (unpaired) electrons. The fourth-order valence-corrected chi connectivity index (χ4v) is 7.39. The van der Waals surface area contributed by atoms with E-state index in [1.54, 1.807) is 30.4 Å². The van der Waals surface area contributed by atoms with Crippen molar-refractivity contribution in [3.63, 3.8) is 0 Å². The summed E-state index contributed by atoms with van der Waals surface area (Å²) in [6.07, 6.45) is -1.83. The van der Waals surface area contributed by atoms with Crippen LogP contribution in [0.25, 0.3) is 0 Å². The second kappa shape index (κ2) is 37.1. The summed E-state index contributed by atoms with van der Waals surface area (Å²) in [4.78, 5) is 59.7. The molecule has 4 rings (SSSR count). The summed E-state index contributed by atoms with van der Waals surface area (Å²) in [6.45, 7) is 9.09. The number of nitrogens with one attached hydrogen (secondary N) is 2. The Labute approximate surface area is 429 Å². The van der Waals surface area contributed by atoms with Crippen LogP contribution in [0, 0.1) is 5.92 Å². The van der Waals surface area contributed by atoms with E-state index in [0.29, 0.717) is 151 Å². The van der Waals surface area contributed by atoms with Crippen LogP contribution >= 0.6 is 0 Å². The Morgan fingerprint density at radius 3 is 1.54 bits per heavy atom. The van der Waals surface area contributed by atoms with Crippen molar-refractivity contribution in [1.29, 1.82) is 0 Å². The Bertz CT molecular complexity index is 1880. The molecule has 0 unspecified atom stereocenters. The number of nitrogens with zero attached hydrogens (tertiary/aromatic N) is 4. The molecule has 3 N–H and O–H groups in total. The first-order valence-electron chi connectivity index (χ1n) is 24.6. The Morgan fingerprint density at radius 1 is 0.676 bits per heavy atom. The number of likely N-dealkylation sites (tertiary alicyclic amines) is 1. The molecule has 74 heavy (non-hydrogen) atoms. The Kier molecular flexibility index (Phi) is 31.0. The maximum absolute atomic E-state index is 13.2. The Morgan fingerprint density at radius 2 is 1.12 bits per heavy atom. The van der Waals surface area contributed by atoms with E-state index in [4.69, 9.17) is 56.8 Å². The molecular formula is C48H73F3N6O17. The maximum atomic E-state index is 13.2. The molecule has 418 valence electrons. The lowest BCUT2D eigenvalue weighted by atomic mass is 9.94. The summed E-state index contributed by atoms with van der Waals surface area (Å²) >= 11 is 0. The van der Waals surface area contributed by atoms with Crippen molar-refractivity contribution in [3.8, 4) is 0 Å². The highest BCUT2D eigenvalue weighted by Crippen LogP contribution is 2.37. The number of carboxylic acid groups (broad SMARTS) is 1. The molecular weight excluding hydrogens is 990 g/mol. The van der Waals surface area contributed by atoms with Crippen LogP contribution in [0.3, 0.4) is 0 Å². The molecule has 2 aliphatic heterocycles. The summed E-state index contributed by atoms with van der Waals surface area (Å²) in [7, 11) is 1.71. The molecule has 4 amide bonds. The molecule has 0 bridgehead atoms. The third kappa shape index (κ3) is 25.2. The zero-order valence-electron chi connectivity index (χ0n) is 42.1. The van der Waals surface area contributed by atoms with E-state index in [9.17, 15) is 37.5 Å². The number of aromatic nitrogens is 2. The van der Waals surface area contributed by atoms with Crippen LogP contribution in [-0.4, -0.2) is 227 Å². The highest BCUT2D eigenvalue weighted by Gasteiger charge is 2.42. The molecule has 0 spiro atoms. The van der Waals surface area contributed by atoms with E-state index in [-0.39, 0.29) is 74.9 Å². The van der Waals surface area contributed by atoms with Gasteiger partial charge in [0.1, 0.15) is 0 Å². The van der Waals surface area contributed by atoms with Crippen molar-refractivity contribution in [3.05, 3.63) is 59.2 Å². The zero-order chi connectivity index (χ0) is 53.1. The van der Waals surface area contributed by atoms with Crippen molar-refractivity contribution in [1.82, 2.24) is 30.4 Å². The van der Waals surface area contributed by atoms with E-state index >= 15 is 0 Å². The third-order valence-electron chi connectivity index (χ3n) is 11.1. The monoisotopic (exact) mass is 1060 g/mol. The number of rotatable bonds is 42. The van der Waals surface area contributed by atoms with Crippen LogP contribution < -0.4 is 10.6 Å². The number of carbonyl (C=O) groups is 4. The number of alkyl halides is 3. The molecule has 4 heterocycles. The fourth-order valence-electron chi connectivity index (χ4n) is 7.39. The number of fused-ring (bicyclic) bond motifs is 1. The van der Waals surface area contributed by atoms with Gasteiger partial charge in [-0.3, -0.25) is 24.4 Å². The highest BCUT2D eigenvalue weighted by molar-refractivity contribution is 5.90. The number of carbonyl (C=O) groups excluding carboxylic acids is 3. The lowest BCUT2D eigenvalue weighted by Crippen LogP contribution is -2.44. The van der Waals surface area contributed by atoms with Gasteiger partial charge in [-0.1, -0.05) is 6.07 Å². The normalized spacial score (nSPS) is 16.7. The number of pyridine rings is 2. The molecule has 2 aromatic heterocycles. The van der Waals surface area contributed by atoms with E-state index in [0.717, 1.165) is 16.5 Å². The molecule has 26 heteroatoms. The molecule has 3 atom stereocenters. The molecule has 0 saturated carbocycles. The Hall–Kier alpha value is -4.71. The summed E-state index contributed by atoms with van der Waals surface area (Å²) in [6, 6.07) is 3.29. The van der Waals surface area contributed by atoms with Crippen LogP contribution in [0.5, 0.6) is 0 Å². The molecule has 1 fully saturated rings. The topological polar surface area (TPSA) is 256 Å². The van der Waals surface area contributed by atoms with Gasteiger partial charge in [0.25, 0.3) is 0 Å². The standard InChI is InChI=1S/C48H73F3N6O17/c1-56-43(59)32-40(45(56)37-3-2-5-52-33-37)46(60)53-6-8-64-10-12-66-14-16-68-18-20-70-22-24-72-26-28-74-30-29-73-27-25-71-23-21-69-19-17-67-15-13-65-11-9-63-7-4-42(58)55-41-36-57(47(61)62)35-38-31-39(48(49,50)51)34-54-44(38)41/h2-3,5,31,33-34,40-41,45H,4,6-30,32,35-36H2,1H3,(H,53,60)(H,55,58)(H,61,62)/t40-,41+,45+/m0/s1. The summed E-state index contributed by atoms with van der Waals surface area (Å²) < 4.78 is 105. The van der Waals surface area contributed by atoms with Crippen molar-refractivity contribution < 1.29 is 94.3 Å². The molecule has 0 aliphatic carbocycles. The van der Waals surface area contributed by atoms with Gasteiger partial charge < -0.3 is 82.4 Å². The largest absolute Gasteiger partial charge is 0.465 e. The minimum absolute atomic E-state index is 0.0518. The van der Waals surface area contributed by atoms with Gasteiger partial charge in [-0.2, -0.15) is 13.2 Å². The molecule has 2 aliphatic rings. The van der Waals surface area contributed by atoms with Crippen molar-refractivity contribution in [2.75, 3.05) is 179 Å². The van der Waals surface area contributed by atoms with E-state index < -0.39 is 35.7 Å². The van der Waals surface area contributed by atoms with Gasteiger partial charge in [-0.05, 0) is 23.3 Å². The SMILES string of the molecule is CN1C(=O)C[C@H](C(=O)NCCOCCOCCOCCOCCOCCOCCOCCOCCOCCOCCOCCOCCC(=O)N[C@@H]2CN(C(=O)O)Cc3cc(C(F)(F)F)cnc32)[C@H]1c1cccnc1. The van der Waals surface area contributed by atoms with Crippen molar-refractivity contribution >= 4 is 23.8 Å². The van der Waals surface area contributed by atoms with Gasteiger partial charge >= 0.3 is 12.3 Å². The number of hydrogen-bond donors (Lipinski definition) is 3. The minimum Gasteiger partial charge on any atom is -0.465 e. The lowest BCUT2D eigenvalue weighted by molar-refractivity contribution is -0.138. The smallest absolute Gasteiger partial charge is 0.417 e. The predicted molar refractivity (Wildman–Crippen MR) is 254 cm³/mol. The third-order valence-corrected chi connectivity index (χ3v) is 11.1. The average Bonchev–Trinajstić information content (AvgIpc) is 3.69. The van der Waals surface area contributed by atoms with Crippen LogP contribution in [0.4, 0.5) is 18.0 Å². The first kappa shape index (κ1) is 61.8. The van der Waals surface area contributed by atoms with Gasteiger partial charge in [0, 0.05) is 45.0 Å². The quantitative estimate of drug-likeness (QED) is 0.0805. The van der Waals surface area contributed by atoms with Crippen molar-refractivity contribution in [2.24, 2.45) is 5.92 Å². The van der Waals surface area contributed by atoms with Crippen LogP contribution in [0.1, 0.15) is 47.3 Å². The molecule has 23 nitrogen and oxygen atoms in total. The number of amides is 4. The van der Waals surface area contributed by atoms with Gasteiger partial charge in [0.2, 0.25) is 17.7 Å². The number of ether oxygens (including phenoxy) is 12. The zero-order valence-corrected chi connectivity index (χ0v) is 42.1. The maximum Gasteiger partial charge on any atom is 0.417 e. The molecule has 2 aromatic rings. The van der Waals surface area contributed by atoms with Crippen LogP contribution in [0.15, 0.2) is 36.8 Å². The Balaban J connectivity index is 0.787. The first-order valence-corrected chi connectivity index (χ1v) is 24.6. The summed E-state index contributed by atoms with van der Waals surface area (Å²) in [5.41, 5.74) is 0.118. The van der Waals surface area contributed by atoms with E-state index in [1.807, 2.05) is 6.07 Å². The van der Waals surface area contributed by atoms with E-state index in [1.165, 1.54) is 0 Å². The second-order valence-electron chi connectivity index (χ2n) is 16.5. The van der Waals surface area contributed by atoms with Crippen molar-refractivity contribution in [2.45, 2.75) is 37.6 Å². The average molecular weight is 1060 g/mol. The van der Waals surface area contributed by atoms with Gasteiger partial charge in [0.05, 0.1) is 201 Å². The van der Waals surface area contributed by atoms with Gasteiger partial charge in [0.15, 0.2) is 0 Å². The fraction of sp³-hybridized carbons (Fsp3) is 0.708. The van der Waals surface area contributed by atoms with Crippen LogP contribution in [-0.2, 0) is 83.9 Å². The molecule has 0 aromatic carbocycles. The van der Waals surface area contributed by atoms with Crippen LogP contribution in [0.2, 0.25) is 0 Å². The molecule has 1 saturated heterocycles. The number of hydrogen-bond acceptors (Lipinski definition) is 18. The number of halogens is 3. The summed E-state index contributed by atoms with van der Waals surface area (Å²) in [5.74, 6) is -1.20. The first-order chi connectivity index (χ1) is 36.0. The van der Waals surface area contributed by atoms with Gasteiger partial charge in [-0.25, -0.2) is 4.79 Å². The second-order valence-corrected chi connectivity index (χ2v) is 16.5. The lowest BCUT2D eigenvalue weighted by Gasteiger charge is -2.33. The summed E-state index contributed by atoms with van der Waals surface area (Å²) in [5, 5.41) is 14.9. The highest BCUT2D eigenvalue weighted by atomic mass is 19.4. The predicted octanol–water partition coefficient (Wildman–Crippen LogP) is 2.07. The minimum atomic E-state index is -4.64. The van der Waals surface area contributed by atoms with Gasteiger partial charge in [-0.15, -0.1) is 0 Å².